The molecule has 2 N–H and O–H groups in total. The van der Waals surface area contributed by atoms with E-state index in [0.29, 0.717) is 32.8 Å². The number of halogens is 2. The molecule has 20 heavy (non-hydrogen) atoms. The fraction of sp³-hybridized carbons (Fsp3) is 0.600. The Bertz CT molecular complexity index is 491. The molecule has 110 valence electrons. The summed E-state index contributed by atoms with van der Waals surface area (Å²) in [6.07, 6.45) is 3.00. The molecule has 0 amide bonds. The molecule has 0 unspecified atom stereocenters. The fourth-order valence-corrected chi connectivity index (χ4v) is 3.21. The van der Waals surface area contributed by atoms with Gasteiger partial charge in [0.1, 0.15) is 0 Å². The number of anilines is 1. The normalized spacial score (nSPS) is 21.6. The number of ether oxygens (including phenoxy) is 1. The number of rotatable bonds is 3. The van der Waals surface area contributed by atoms with Gasteiger partial charge < -0.3 is 15.4 Å². The van der Waals surface area contributed by atoms with Crippen molar-refractivity contribution in [1.29, 1.82) is 0 Å². The summed E-state index contributed by atoms with van der Waals surface area (Å²) in [6.45, 7) is 3.13. The Morgan fingerprint density at radius 1 is 1.15 bits per heavy atom. The fourth-order valence-electron chi connectivity index (χ4n) is 3.21. The quantitative estimate of drug-likeness (QED) is 0.923. The lowest BCUT2D eigenvalue weighted by Gasteiger charge is -2.44. The van der Waals surface area contributed by atoms with Gasteiger partial charge in [0, 0.05) is 36.8 Å². The summed E-state index contributed by atoms with van der Waals surface area (Å²) in [5.74, 6) is -1.57. The van der Waals surface area contributed by atoms with Gasteiger partial charge >= 0.3 is 0 Å². The van der Waals surface area contributed by atoms with Crippen molar-refractivity contribution in [3.63, 3.8) is 0 Å². The minimum absolute atomic E-state index is 0.178. The van der Waals surface area contributed by atoms with Crippen LogP contribution in [0.4, 0.5) is 14.5 Å². The highest BCUT2D eigenvalue weighted by molar-refractivity contribution is 5.58. The lowest BCUT2D eigenvalue weighted by Crippen LogP contribution is -2.44. The lowest BCUT2D eigenvalue weighted by atomic mass is 9.64. The van der Waals surface area contributed by atoms with Gasteiger partial charge in [-0.15, -0.1) is 0 Å². The minimum atomic E-state index is -0.790. The van der Waals surface area contributed by atoms with Crippen molar-refractivity contribution in [2.24, 2.45) is 5.73 Å². The van der Waals surface area contributed by atoms with Crippen LogP contribution in [-0.4, -0.2) is 32.8 Å². The van der Waals surface area contributed by atoms with Gasteiger partial charge in [0.2, 0.25) is 0 Å². The van der Waals surface area contributed by atoms with E-state index in [1.54, 1.807) is 0 Å². The van der Waals surface area contributed by atoms with Crippen molar-refractivity contribution >= 4 is 5.69 Å². The van der Waals surface area contributed by atoms with Crippen LogP contribution in [0.3, 0.4) is 0 Å². The van der Waals surface area contributed by atoms with Crippen molar-refractivity contribution in [1.82, 2.24) is 0 Å². The Hall–Kier alpha value is -1.20. The largest absolute Gasteiger partial charge is 0.378 e. The minimum Gasteiger partial charge on any atom is -0.378 e. The highest BCUT2D eigenvalue weighted by atomic mass is 19.2. The van der Waals surface area contributed by atoms with Gasteiger partial charge in [-0.25, -0.2) is 8.78 Å². The number of hydrogen-bond donors (Lipinski definition) is 1. The van der Waals surface area contributed by atoms with E-state index in [0.717, 1.165) is 30.5 Å². The van der Waals surface area contributed by atoms with Crippen molar-refractivity contribution in [3.05, 3.63) is 29.3 Å². The molecule has 2 fully saturated rings. The lowest BCUT2D eigenvalue weighted by molar-refractivity contribution is 0.122. The molecular weight excluding hydrogens is 262 g/mol. The third-order valence-electron chi connectivity index (χ3n) is 4.66. The van der Waals surface area contributed by atoms with Crippen LogP contribution in [-0.2, 0) is 10.2 Å². The van der Waals surface area contributed by atoms with Crippen LogP contribution in [0.5, 0.6) is 0 Å². The first-order chi connectivity index (χ1) is 9.66. The molecule has 0 bridgehead atoms. The summed E-state index contributed by atoms with van der Waals surface area (Å²) in [4.78, 5) is 2.08. The van der Waals surface area contributed by atoms with Crippen molar-refractivity contribution in [3.8, 4) is 0 Å². The van der Waals surface area contributed by atoms with Gasteiger partial charge in [0.15, 0.2) is 11.6 Å². The zero-order chi connectivity index (χ0) is 14.2. The van der Waals surface area contributed by atoms with Crippen LogP contribution in [0, 0.1) is 11.6 Å². The average molecular weight is 282 g/mol. The van der Waals surface area contributed by atoms with Crippen LogP contribution in [0.1, 0.15) is 24.8 Å². The molecule has 5 heteroatoms. The first kappa shape index (κ1) is 13.8. The van der Waals surface area contributed by atoms with E-state index in [9.17, 15) is 8.78 Å². The number of nitrogens with two attached hydrogens (primary N) is 1. The van der Waals surface area contributed by atoms with E-state index in [1.807, 2.05) is 0 Å². The molecular formula is C15H20F2N2O. The molecule has 1 aliphatic heterocycles. The zero-order valence-corrected chi connectivity index (χ0v) is 11.5. The second kappa shape index (κ2) is 5.30. The van der Waals surface area contributed by atoms with E-state index < -0.39 is 11.6 Å². The molecule has 2 aliphatic rings. The molecule has 0 atom stereocenters. The molecule has 3 nitrogen and oxygen atoms in total. The topological polar surface area (TPSA) is 38.5 Å². The predicted molar refractivity (Wildman–Crippen MR) is 74.0 cm³/mol. The molecule has 1 saturated carbocycles. The SMILES string of the molecule is NCC1(c2cc(F)c(F)cc2N2CCOCC2)CCC1. The van der Waals surface area contributed by atoms with Gasteiger partial charge in [-0.3, -0.25) is 0 Å². The summed E-state index contributed by atoms with van der Waals surface area (Å²) in [6, 6.07) is 2.68. The van der Waals surface area contributed by atoms with Gasteiger partial charge in [0.25, 0.3) is 0 Å². The van der Waals surface area contributed by atoms with Crippen LogP contribution in [0.25, 0.3) is 0 Å². The maximum absolute atomic E-state index is 13.7. The third-order valence-corrected chi connectivity index (χ3v) is 4.66. The maximum atomic E-state index is 13.7. The predicted octanol–water partition coefficient (Wildman–Crippen LogP) is 2.18. The van der Waals surface area contributed by atoms with E-state index >= 15 is 0 Å². The Morgan fingerprint density at radius 2 is 1.80 bits per heavy atom. The monoisotopic (exact) mass is 282 g/mol. The van der Waals surface area contributed by atoms with Crippen LogP contribution < -0.4 is 10.6 Å². The second-order valence-corrected chi connectivity index (χ2v) is 5.72. The first-order valence-corrected chi connectivity index (χ1v) is 7.18. The van der Waals surface area contributed by atoms with E-state index in [-0.39, 0.29) is 5.41 Å². The molecule has 1 aliphatic carbocycles. The van der Waals surface area contributed by atoms with Crippen LogP contribution in [0.15, 0.2) is 12.1 Å². The van der Waals surface area contributed by atoms with Crippen LogP contribution >= 0.6 is 0 Å². The number of nitrogens with zero attached hydrogens (tertiary/aromatic N) is 1. The van der Waals surface area contributed by atoms with Gasteiger partial charge in [0.05, 0.1) is 13.2 Å². The Balaban J connectivity index is 2.04. The highest BCUT2D eigenvalue weighted by Gasteiger charge is 2.40. The van der Waals surface area contributed by atoms with Crippen LogP contribution in [0.2, 0.25) is 0 Å². The second-order valence-electron chi connectivity index (χ2n) is 5.72. The molecule has 1 aromatic carbocycles. The molecule has 1 aromatic rings. The molecule has 3 rings (SSSR count). The summed E-state index contributed by atoms with van der Waals surface area (Å²) < 4.78 is 32.7. The molecule has 0 spiro atoms. The van der Waals surface area contributed by atoms with E-state index in [4.69, 9.17) is 10.5 Å². The molecule has 0 radical (unpaired) electrons. The maximum Gasteiger partial charge on any atom is 0.160 e. The summed E-state index contributed by atoms with van der Waals surface area (Å²) in [5, 5.41) is 0. The van der Waals surface area contributed by atoms with Gasteiger partial charge in [-0.2, -0.15) is 0 Å². The third kappa shape index (κ3) is 2.19. The Morgan fingerprint density at radius 3 is 2.35 bits per heavy atom. The van der Waals surface area contributed by atoms with Crippen molar-refractivity contribution in [2.45, 2.75) is 24.7 Å². The average Bonchev–Trinajstić information content (AvgIpc) is 2.43. The van der Waals surface area contributed by atoms with E-state index in [1.165, 1.54) is 12.1 Å². The Kier molecular flexibility index (Phi) is 3.65. The summed E-state index contributed by atoms with van der Waals surface area (Å²) in [5.41, 5.74) is 7.41. The van der Waals surface area contributed by atoms with Gasteiger partial charge in [-0.1, -0.05) is 6.42 Å². The number of hydrogen-bond acceptors (Lipinski definition) is 3. The molecule has 1 heterocycles. The first-order valence-electron chi connectivity index (χ1n) is 7.18. The summed E-state index contributed by atoms with van der Waals surface area (Å²) in [7, 11) is 0. The Labute approximate surface area is 117 Å². The standard InChI is InChI=1S/C15H20F2N2O/c16-12-8-11(15(10-18)2-1-3-15)14(9-13(12)17)19-4-6-20-7-5-19/h8-9H,1-7,10,18H2. The van der Waals surface area contributed by atoms with Gasteiger partial charge in [-0.05, 0) is 24.5 Å². The number of benzene rings is 1. The van der Waals surface area contributed by atoms with Crippen molar-refractivity contribution in [2.75, 3.05) is 37.7 Å². The molecule has 1 saturated heterocycles. The smallest absolute Gasteiger partial charge is 0.160 e. The molecule has 0 aromatic heterocycles. The summed E-state index contributed by atoms with van der Waals surface area (Å²) >= 11 is 0. The van der Waals surface area contributed by atoms with E-state index in [2.05, 4.69) is 4.90 Å². The zero-order valence-electron chi connectivity index (χ0n) is 11.5. The number of morpholine rings is 1. The van der Waals surface area contributed by atoms with Crippen molar-refractivity contribution < 1.29 is 13.5 Å². The highest BCUT2D eigenvalue weighted by Crippen LogP contribution is 2.47.